The SMILES string of the molecule is Cc1ccc(Nc2cncc(C(=O)N(C)c3ccccc3)c2)cc1Cl. The van der Waals surface area contributed by atoms with Crippen molar-refractivity contribution in [2.24, 2.45) is 0 Å². The fourth-order valence-corrected chi connectivity index (χ4v) is 2.61. The van der Waals surface area contributed by atoms with Crippen molar-refractivity contribution in [3.63, 3.8) is 0 Å². The predicted octanol–water partition coefficient (Wildman–Crippen LogP) is 5.06. The van der Waals surface area contributed by atoms with Crippen LogP contribution in [0.25, 0.3) is 0 Å². The molecule has 0 saturated carbocycles. The summed E-state index contributed by atoms with van der Waals surface area (Å²) >= 11 is 6.15. The highest BCUT2D eigenvalue weighted by Gasteiger charge is 2.14. The van der Waals surface area contributed by atoms with E-state index in [2.05, 4.69) is 10.3 Å². The van der Waals surface area contributed by atoms with Gasteiger partial charge in [0.25, 0.3) is 5.91 Å². The van der Waals surface area contributed by atoms with Gasteiger partial charge in [-0.15, -0.1) is 0 Å². The molecule has 0 bridgehead atoms. The van der Waals surface area contributed by atoms with Crippen LogP contribution < -0.4 is 10.2 Å². The second-order valence-corrected chi connectivity index (χ2v) is 6.16. The maximum Gasteiger partial charge on any atom is 0.259 e. The second-order valence-electron chi connectivity index (χ2n) is 5.75. The van der Waals surface area contributed by atoms with Crippen molar-refractivity contribution in [1.82, 2.24) is 4.98 Å². The summed E-state index contributed by atoms with van der Waals surface area (Å²) < 4.78 is 0. The number of nitrogens with one attached hydrogen (secondary N) is 1. The Morgan fingerprint density at radius 1 is 1.04 bits per heavy atom. The third-order valence-electron chi connectivity index (χ3n) is 3.89. The molecular formula is C20H18ClN3O. The minimum atomic E-state index is -0.121. The number of hydrogen-bond acceptors (Lipinski definition) is 3. The molecule has 4 nitrogen and oxygen atoms in total. The van der Waals surface area contributed by atoms with Crippen LogP contribution in [-0.2, 0) is 0 Å². The molecule has 0 saturated heterocycles. The molecule has 0 atom stereocenters. The lowest BCUT2D eigenvalue weighted by atomic mass is 10.2. The lowest BCUT2D eigenvalue weighted by Crippen LogP contribution is -2.26. The molecule has 0 aliphatic rings. The molecule has 0 aliphatic heterocycles. The van der Waals surface area contributed by atoms with Gasteiger partial charge in [0.2, 0.25) is 0 Å². The molecule has 3 rings (SSSR count). The standard InChI is InChI=1S/C20H18ClN3O/c1-14-8-9-16(11-19(14)21)23-17-10-15(12-22-13-17)20(25)24(2)18-6-4-3-5-7-18/h3-13,23H,1-2H3. The molecule has 126 valence electrons. The van der Waals surface area contributed by atoms with Crippen LogP contribution in [0.3, 0.4) is 0 Å². The molecule has 0 spiro atoms. The first kappa shape index (κ1) is 17.0. The fraction of sp³-hybridized carbons (Fsp3) is 0.100. The summed E-state index contributed by atoms with van der Waals surface area (Å²) in [4.78, 5) is 18.5. The number of aryl methyl sites for hydroxylation is 1. The first-order chi connectivity index (χ1) is 12.0. The molecule has 0 unspecified atom stereocenters. The summed E-state index contributed by atoms with van der Waals surface area (Å²) in [5.41, 5.74) is 3.93. The van der Waals surface area contributed by atoms with E-state index in [1.54, 1.807) is 30.4 Å². The Labute approximate surface area is 152 Å². The molecule has 1 amide bonds. The minimum Gasteiger partial charge on any atom is -0.354 e. The largest absolute Gasteiger partial charge is 0.354 e. The van der Waals surface area contributed by atoms with Gasteiger partial charge in [-0.05, 0) is 42.8 Å². The van der Waals surface area contributed by atoms with Gasteiger partial charge in [-0.2, -0.15) is 0 Å². The first-order valence-electron chi connectivity index (χ1n) is 7.86. The number of benzene rings is 2. The number of carbonyl (C=O) groups excluding carboxylic acids is 1. The maximum absolute atomic E-state index is 12.7. The Balaban J connectivity index is 1.81. The molecule has 1 aromatic heterocycles. The van der Waals surface area contributed by atoms with Gasteiger partial charge in [0, 0.05) is 29.6 Å². The van der Waals surface area contributed by atoms with Gasteiger partial charge in [-0.1, -0.05) is 35.9 Å². The zero-order valence-electron chi connectivity index (χ0n) is 14.0. The Morgan fingerprint density at radius 2 is 1.80 bits per heavy atom. The minimum absolute atomic E-state index is 0.121. The van der Waals surface area contributed by atoms with Gasteiger partial charge in [-0.3, -0.25) is 9.78 Å². The molecule has 0 radical (unpaired) electrons. The number of hydrogen-bond donors (Lipinski definition) is 1. The molecule has 25 heavy (non-hydrogen) atoms. The van der Waals surface area contributed by atoms with Crippen LogP contribution >= 0.6 is 11.6 Å². The molecule has 1 heterocycles. The number of anilines is 3. The summed E-state index contributed by atoms with van der Waals surface area (Å²) in [5.74, 6) is -0.121. The molecule has 5 heteroatoms. The van der Waals surface area contributed by atoms with E-state index in [9.17, 15) is 4.79 Å². The third kappa shape index (κ3) is 3.98. The zero-order valence-corrected chi connectivity index (χ0v) is 14.8. The van der Waals surface area contributed by atoms with E-state index >= 15 is 0 Å². The van der Waals surface area contributed by atoms with Gasteiger partial charge < -0.3 is 10.2 Å². The average molecular weight is 352 g/mol. The highest BCUT2D eigenvalue weighted by molar-refractivity contribution is 6.31. The van der Waals surface area contributed by atoms with Crippen LogP contribution in [0.15, 0.2) is 67.0 Å². The van der Waals surface area contributed by atoms with E-state index in [1.807, 2.05) is 55.5 Å². The van der Waals surface area contributed by atoms with Crippen molar-refractivity contribution in [2.75, 3.05) is 17.3 Å². The summed E-state index contributed by atoms with van der Waals surface area (Å²) in [6.07, 6.45) is 3.24. The number of amides is 1. The monoisotopic (exact) mass is 351 g/mol. The normalized spacial score (nSPS) is 10.4. The number of rotatable bonds is 4. The van der Waals surface area contributed by atoms with Gasteiger partial charge in [0.1, 0.15) is 0 Å². The molecule has 0 fully saturated rings. The Kier molecular flexibility index (Phi) is 5.00. The van der Waals surface area contributed by atoms with Crippen LogP contribution in [0, 0.1) is 6.92 Å². The summed E-state index contributed by atoms with van der Waals surface area (Å²) in [6.45, 7) is 1.95. The molecule has 0 aliphatic carbocycles. The number of nitrogens with zero attached hydrogens (tertiary/aromatic N) is 2. The van der Waals surface area contributed by atoms with Crippen LogP contribution in [0.4, 0.5) is 17.1 Å². The van der Waals surface area contributed by atoms with E-state index in [0.29, 0.717) is 10.6 Å². The number of halogens is 1. The predicted molar refractivity (Wildman–Crippen MR) is 103 cm³/mol. The molecular weight excluding hydrogens is 334 g/mol. The van der Waals surface area contributed by atoms with Gasteiger partial charge in [0.05, 0.1) is 17.4 Å². The summed E-state index contributed by atoms with van der Waals surface area (Å²) in [5, 5.41) is 3.92. The second kappa shape index (κ2) is 7.36. The third-order valence-corrected chi connectivity index (χ3v) is 4.30. The first-order valence-corrected chi connectivity index (χ1v) is 8.24. The molecule has 3 aromatic rings. The van der Waals surface area contributed by atoms with Gasteiger partial charge in [0.15, 0.2) is 0 Å². The Morgan fingerprint density at radius 3 is 2.52 bits per heavy atom. The summed E-state index contributed by atoms with van der Waals surface area (Å²) in [7, 11) is 1.75. The maximum atomic E-state index is 12.7. The summed E-state index contributed by atoms with van der Waals surface area (Å²) in [6, 6.07) is 17.0. The lowest BCUT2D eigenvalue weighted by molar-refractivity contribution is 0.0992. The molecule has 2 aromatic carbocycles. The van der Waals surface area contributed by atoms with Crippen LogP contribution in [0.2, 0.25) is 5.02 Å². The number of carbonyl (C=O) groups is 1. The van der Waals surface area contributed by atoms with Crippen molar-refractivity contribution in [3.8, 4) is 0 Å². The smallest absolute Gasteiger partial charge is 0.259 e. The van der Waals surface area contributed by atoms with Crippen molar-refractivity contribution < 1.29 is 4.79 Å². The number of para-hydroxylation sites is 1. The van der Waals surface area contributed by atoms with E-state index in [0.717, 1.165) is 22.6 Å². The van der Waals surface area contributed by atoms with E-state index in [4.69, 9.17) is 11.6 Å². The van der Waals surface area contributed by atoms with Crippen LogP contribution in [0.1, 0.15) is 15.9 Å². The number of pyridine rings is 1. The quantitative estimate of drug-likeness (QED) is 0.714. The van der Waals surface area contributed by atoms with Gasteiger partial charge >= 0.3 is 0 Å². The number of aromatic nitrogens is 1. The zero-order chi connectivity index (χ0) is 17.8. The average Bonchev–Trinajstić information content (AvgIpc) is 2.64. The fourth-order valence-electron chi connectivity index (χ4n) is 2.43. The van der Waals surface area contributed by atoms with E-state index < -0.39 is 0 Å². The van der Waals surface area contributed by atoms with Crippen molar-refractivity contribution in [2.45, 2.75) is 6.92 Å². The highest BCUT2D eigenvalue weighted by Crippen LogP contribution is 2.24. The van der Waals surface area contributed by atoms with Gasteiger partial charge in [-0.25, -0.2) is 0 Å². The topological polar surface area (TPSA) is 45.2 Å². The van der Waals surface area contributed by atoms with Crippen molar-refractivity contribution in [1.29, 1.82) is 0 Å². The van der Waals surface area contributed by atoms with E-state index in [1.165, 1.54) is 0 Å². The molecule has 1 N–H and O–H groups in total. The van der Waals surface area contributed by atoms with E-state index in [-0.39, 0.29) is 5.91 Å². The van der Waals surface area contributed by atoms with Crippen molar-refractivity contribution in [3.05, 3.63) is 83.1 Å². The Bertz CT molecular complexity index is 896. The lowest BCUT2D eigenvalue weighted by Gasteiger charge is -2.17. The highest BCUT2D eigenvalue weighted by atomic mass is 35.5. The van der Waals surface area contributed by atoms with Crippen LogP contribution in [0.5, 0.6) is 0 Å². The Hall–Kier alpha value is -2.85. The van der Waals surface area contributed by atoms with Crippen molar-refractivity contribution >= 4 is 34.6 Å². The van der Waals surface area contributed by atoms with Crippen LogP contribution in [-0.4, -0.2) is 17.9 Å².